The van der Waals surface area contributed by atoms with E-state index in [0.29, 0.717) is 13.1 Å². The molecule has 2 aromatic rings. The largest absolute Gasteiger partial charge is 0.454 e. The number of carbonyl (C=O) groups is 1. The van der Waals surface area contributed by atoms with E-state index < -0.39 is 0 Å². The van der Waals surface area contributed by atoms with E-state index in [-0.39, 0.29) is 18.1 Å². The summed E-state index contributed by atoms with van der Waals surface area (Å²) < 4.78 is 10.9. The molecule has 0 radical (unpaired) electrons. The first-order chi connectivity index (χ1) is 11.7. The van der Waals surface area contributed by atoms with Crippen molar-refractivity contribution in [1.82, 2.24) is 4.90 Å². The lowest BCUT2D eigenvalue weighted by atomic mass is 9.93. The van der Waals surface area contributed by atoms with Crippen molar-refractivity contribution in [2.45, 2.75) is 31.7 Å². The van der Waals surface area contributed by atoms with Crippen LogP contribution < -0.4 is 9.47 Å². The third kappa shape index (κ3) is 2.52. The lowest BCUT2D eigenvalue weighted by Gasteiger charge is -2.27. The third-order valence-electron chi connectivity index (χ3n) is 4.97. The van der Waals surface area contributed by atoms with E-state index in [4.69, 9.17) is 9.47 Å². The molecule has 4 nitrogen and oxygen atoms in total. The van der Waals surface area contributed by atoms with Gasteiger partial charge in [-0.15, -0.1) is 0 Å². The number of likely N-dealkylation sites (N-methyl/N-ethyl adjacent to an activating group) is 1. The van der Waals surface area contributed by atoms with Crippen LogP contribution in [-0.2, 0) is 16.8 Å². The second-order valence-electron chi connectivity index (χ2n) is 6.46. The molecule has 4 heteroatoms. The van der Waals surface area contributed by atoms with Gasteiger partial charge in [0.25, 0.3) is 0 Å². The Morgan fingerprint density at radius 2 is 1.83 bits per heavy atom. The van der Waals surface area contributed by atoms with Crippen molar-refractivity contribution in [3.05, 3.63) is 59.7 Å². The molecular weight excluding hydrogens is 302 g/mol. The van der Waals surface area contributed by atoms with Crippen LogP contribution in [0.15, 0.2) is 48.5 Å². The Morgan fingerprint density at radius 3 is 2.54 bits per heavy atom. The van der Waals surface area contributed by atoms with Crippen LogP contribution in [0.25, 0.3) is 0 Å². The SMILES string of the molecule is CCN(Cc1ccccc1)C(=O)C1(c2ccc3c(c2)OCO3)CC1. The normalized spacial score (nSPS) is 16.7. The molecule has 24 heavy (non-hydrogen) atoms. The first-order valence-electron chi connectivity index (χ1n) is 8.46. The molecule has 0 spiro atoms. The number of fused-ring (bicyclic) bond motifs is 1. The Balaban J connectivity index is 1.58. The lowest BCUT2D eigenvalue weighted by molar-refractivity contribution is -0.134. The van der Waals surface area contributed by atoms with Crippen LogP contribution in [0.2, 0.25) is 0 Å². The summed E-state index contributed by atoms with van der Waals surface area (Å²) in [7, 11) is 0. The Morgan fingerprint density at radius 1 is 1.08 bits per heavy atom. The molecule has 124 valence electrons. The van der Waals surface area contributed by atoms with Gasteiger partial charge < -0.3 is 14.4 Å². The fourth-order valence-corrected chi connectivity index (χ4v) is 3.38. The Kier molecular flexibility index (Phi) is 3.68. The minimum atomic E-state index is -0.383. The highest BCUT2D eigenvalue weighted by Gasteiger charge is 2.53. The summed E-state index contributed by atoms with van der Waals surface area (Å²) in [5.41, 5.74) is 1.82. The molecule has 0 aromatic heterocycles. The number of amides is 1. The van der Waals surface area contributed by atoms with Gasteiger partial charge in [-0.2, -0.15) is 0 Å². The van der Waals surface area contributed by atoms with Crippen molar-refractivity contribution in [2.24, 2.45) is 0 Å². The number of rotatable bonds is 5. The maximum absolute atomic E-state index is 13.2. The first-order valence-corrected chi connectivity index (χ1v) is 8.46. The highest BCUT2D eigenvalue weighted by Crippen LogP contribution is 2.51. The van der Waals surface area contributed by atoms with Gasteiger partial charge in [0.1, 0.15) is 0 Å². The van der Waals surface area contributed by atoms with Gasteiger partial charge in [-0.05, 0) is 43.0 Å². The van der Waals surface area contributed by atoms with Crippen molar-refractivity contribution in [2.75, 3.05) is 13.3 Å². The number of benzene rings is 2. The second-order valence-corrected chi connectivity index (χ2v) is 6.46. The molecule has 1 amide bonds. The molecule has 0 bridgehead atoms. The molecule has 2 aliphatic rings. The molecule has 0 atom stereocenters. The summed E-state index contributed by atoms with van der Waals surface area (Å²) in [6.45, 7) is 3.66. The maximum atomic E-state index is 13.2. The van der Waals surface area contributed by atoms with Crippen LogP contribution in [0, 0.1) is 0 Å². The predicted molar refractivity (Wildman–Crippen MR) is 91.0 cm³/mol. The van der Waals surface area contributed by atoms with Crippen LogP contribution in [0.3, 0.4) is 0 Å². The van der Waals surface area contributed by atoms with E-state index in [2.05, 4.69) is 12.1 Å². The highest BCUT2D eigenvalue weighted by atomic mass is 16.7. The molecule has 1 saturated carbocycles. The fraction of sp³-hybridized carbons (Fsp3) is 0.350. The van der Waals surface area contributed by atoms with E-state index in [0.717, 1.165) is 35.5 Å². The zero-order valence-electron chi connectivity index (χ0n) is 13.8. The number of nitrogens with zero attached hydrogens (tertiary/aromatic N) is 1. The van der Waals surface area contributed by atoms with Crippen molar-refractivity contribution in [3.63, 3.8) is 0 Å². The Hall–Kier alpha value is -2.49. The molecular formula is C20H21NO3. The molecule has 0 unspecified atom stereocenters. The van der Waals surface area contributed by atoms with Gasteiger partial charge >= 0.3 is 0 Å². The average Bonchev–Trinajstić information content (AvgIpc) is 3.31. The molecule has 0 N–H and O–H groups in total. The summed E-state index contributed by atoms with van der Waals surface area (Å²) in [6.07, 6.45) is 1.80. The van der Waals surface area contributed by atoms with Crippen LogP contribution >= 0.6 is 0 Å². The summed E-state index contributed by atoms with van der Waals surface area (Å²) in [5, 5.41) is 0. The van der Waals surface area contributed by atoms with Crippen LogP contribution in [-0.4, -0.2) is 24.1 Å². The van der Waals surface area contributed by atoms with E-state index in [1.165, 1.54) is 0 Å². The molecule has 2 aromatic carbocycles. The zero-order valence-corrected chi connectivity index (χ0v) is 13.8. The monoisotopic (exact) mass is 323 g/mol. The van der Waals surface area contributed by atoms with Crippen LogP contribution in [0.5, 0.6) is 11.5 Å². The molecule has 1 aliphatic carbocycles. The first kappa shape index (κ1) is 15.1. The summed E-state index contributed by atoms with van der Waals surface area (Å²) in [5.74, 6) is 1.73. The van der Waals surface area contributed by atoms with Gasteiger partial charge in [0.2, 0.25) is 12.7 Å². The minimum absolute atomic E-state index is 0.215. The average molecular weight is 323 g/mol. The molecule has 1 fully saturated rings. The summed E-state index contributed by atoms with van der Waals surface area (Å²) >= 11 is 0. The van der Waals surface area contributed by atoms with Gasteiger partial charge in [-0.1, -0.05) is 36.4 Å². The smallest absolute Gasteiger partial charge is 0.233 e. The maximum Gasteiger partial charge on any atom is 0.233 e. The lowest BCUT2D eigenvalue weighted by Crippen LogP contribution is -2.38. The zero-order chi connectivity index (χ0) is 16.6. The van der Waals surface area contributed by atoms with E-state index in [1.807, 2.05) is 48.2 Å². The summed E-state index contributed by atoms with van der Waals surface area (Å²) in [4.78, 5) is 15.2. The quantitative estimate of drug-likeness (QED) is 0.845. The fourth-order valence-electron chi connectivity index (χ4n) is 3.38. The van der Waals surface area contributed by atoms with Crippen molar-refractivity contribution >= 4 is 5.91 Å². The molecule has 1 aliphatic heterocycles. The van der Waals surface area contributed by atoms with Gasteiger partial charge in [0, 0.05) is 13.1 Å². The second kappa shape index (κ2) is 5.86. The molecule has 0 saturated heterocycles. The molecule has 4 rings (SSSR count). The topological polar surface area (TPSA) is 38.8 Å². The highest BCUT2D eigenvalue weighted by molar-refractivity contribution is 5.91. The summed E-state index contributed by atoms with van der Waals surface area (Å²) in [6, 6.07) is 16.1. The number of hydrogen-bond donors (Lipinski definition) is 0. The van der Waals surface area contributed by atoms with Gasteiger partial charge in [0.05, 0.1) is 5.41 Å². The Bertz CT molecular complexity index is 753. The number of hydrogen-bond acceptors (Lipinski definition) is 3. The van der Waals surface area contributed by atoms with Gasteiger partial charge in [-0.3, -0.25) is 4.79 Å². The number of carbonyl (C=O) groups excluding carboxylic acids is 1. The Labute approximate surface area is 142 Å². The van der Waals surface area contributed by atoms with E-state index in [1.54, 1.807) is 0 Å². The van der Waals surface area contributed by atoms with Crippen LogP contribution in [0.4, 0.5) is 0 Å². The van der Waals surface area contributed by atoms with E-state index in [9.17, 15) is 4.79 Å². The van der Waals surface area contributed by atoms with Gasteiger partial charge in [0.15, 0.2) is 11.5 Å². The van der Waals surface area contributed by atoms with E-state index >= 15 is 0 Å². The van der Waals surface area contributed by atoms with Crippen molar-refractivity contribution in [1.29, 1.82) is 0 Å². The van der Waals surface area contributed by atoms with Gasteiger partial charge in [-0.25, -0.2) is 0 Å². The molecule has 1 heterocycles. The van der Waals surface area contributed by atoms with Crippen LogP contribution in [0.1, 0.15) is 30.9 Å². The number of ether oxygens (including phenoxy) is 2. The van der Waals surface area contributed by atoms with Crippen molar-refractivity contribution in [3.8, 4) is 11.5 Å². The minimum Gasteiger partial charge on any atom is -0.454 e. The standard InChI is InChI=1S/C20H21NO3/c1-2-21(13-15-6-4-3-5-7-15)19(22)20(10-11-20)16-8-9-17-18(12-16)24-14-23-17/h3-9,12H,2,10-11,13-14H2,1H3. The van der Waals surface area contributed by atoms with Crippen molar-refractivity contribution < 1.29 is 14.3 Å². The third-order valence-corrected chi connectivity index (χ3v) is 4.97. The predicted octanol–water partition coefficient (Wildman–Crippen LogP) is 3.50.